The molecule has 0 bridgehead atoms. The molecule has 1 amide bonds. The third-order valence-electron chi connectivity index (χ3n) is 1.90. The molecule has 1 rings (SSSR count). The van der Waals surface area contributed by atoms with Crippen LogP contribution in [-0.2, 0) is 16.1 Å². The molecule has 1 N–H and O–H groups in total. The number of furan rings is 1. The second-order valence-electron chi connectivity index (χ2n) is 3.15. The zero-order valence-corrected chi connectivity index (χ0v) is 8.72. The monoisotopic (exact) mass is 197 g/mol. The SMILES string of the molecule is COCC(=O)NCc1cc(C)oc1C. The number of nitrogens with one attached hydrogen (secondary N) is 1. The van der Waals surface area contributed by atoms with Gasteiger partial charge in [-0.15, -0.1) is 0 Å². The number of amides is 1. The Balaban J connectivity index is 2.45. The van der Waals surface area contributed by atoms with Crippen LogP contribution in [0.15, 0.2) is 10.5 Å². The van der Waals surface area contributed by atoms with E-state index in [0.717, 1.165) is 17.1 Å². The van der Waals surface area contributed by atoms with Crippen LogP contribution in [-0.4, -0.2) is 19.6 Å². The Morgan fingerprint density at radius 2 is 2.29 bits per heavy atom. The zero-order chi connectivity index (χ0) is 10.6. The van der Waals surface area contributed by atoms with Crippen molar-refractivity contribution in [3.05, 3.63) is 23.2 Å². The Labute approximate surface area is 83.2 Å². The summed E-state index contributed by atoms with van der Waals surface area (Å²) in [6.07, 6.45) is 0. The van der Waals surface area contributed by atoms with E-state index in [1.54, 1.807) is 0 Å². The van der Waals surface area contributed by atoms with Crippen LogP contribution in [0.5, 0.6) is 0 Å². The number of carbonyl (C=O) groups is 1. The molecule has 0 saturated carbocycles. The van der Waals surface area contributed by atoms with Crippen molar-refractivity contribution in [2.24, 2.45) is 0 Å². The van der Waals surface area contributed by atoms with E-state index in [1.807, 2.05) is 19.9 Å². The molecule has 1 heterocycles. The van der Waals surface area contributed by atoms with E-state index in [2.05, 4.69) is 5.32 Å². The fourth-order valence-corrected chi connectivity index (χ4v) is 1.23. The van der Waals surface area contributed by atoms with Gasteiger partial charge in [0.25, 0.3) is 0 Å². The van der Waals surface area contributed by atoms with Gasteiger partial charge in [0, 0.05) is 19.2 Å². The molecule has 0 spiro atoms. The lowest BCUT2D eigenvalue weighted by Crippen LogP contribution is -2.26. The van der Waals surface area contributed by atoms with E-state index in [1.165, 1.54) is 7.11 Å². The molecule has 0 fully saturated rings. The van der Waals surface area contributed by atoms with Crippen LogP contribution in [0.2, 0.25) is 0 Å². The lowest BCUT2D eigenvalue weighted by molar-refractivity contribution is -0.124. The largest absolute Gasteiger partial charge is 0.466 e. The second kappa shape index (κ2) is 4.81. The van der Waals surface area contributed by atoms with Crippen molar-refractivity contribution >= 4 is 5.91 Å². The Morgan fingerprint density at radius 3 is 2.79 bits per heavy atom. The Morgan fingerprint density at radius 1 is 1.57 bits per heavy atom. The minimum atomic E-state index is -0.120. The van der Waals surface area contributed by atoms with Gasteiger partial charge in [-0.3, -0.25) is 4.79 Å². The van der Waals surface area contributed by atoms with Gasteiger partial charge in [0.2, 0.25) is 5.91 Å². The molecule has 4 heteroatoms. The highest BCUT2D eigenvalue weighted by Gasteiger charge is 2.05. The smallest absolute Gasteiger partial charge is 0.246 e. The molecular formula is C10H15NO3. The van der Waals surface area contributed by atoms with Gasteiger partial charge in [0.15, 0.2) is 0 Å². The summed E-state index contributed by atoms with van der Waals surface area (Å²) in [6.45, 7) is 4.35. The van der Waals surface area contributed by atoms with Gasteiger partial charge >= 0.3 is 0 Å². The third kappa shape index (κ3) is 2.88. The van der Waals surface area contributed by atoms with Gasteiger partial charge in [0.05, 0.1) is 0 Å². The number of hydrogen-bond acceptors (Lipinski definition) is 3. The number of aryl methyl sites for hydroxylation is 2. The van der Waals surface area contributed by atoms with Crippen LogP contribution in [0.4, 0.5) is 0 Å². The van der Waals surface area contributed by atoms with Crippen LogP contribution in [0, 0.1) is 13.8 Å². The molecule has 78 valence electrons. The summed E-state index contributed by atoms with van der Waals surface area (Å²) in [5.41, 5.74) is 1.01. The van der Waals surface area contributed by atoms with Gasteiger partial charge in [-0.25, -0.2) is 0 Å². The molecule has 0 unspecified atom stereocenters. The van der Waals surface area contributed by atoms with Gasteiger partial charge in [-0.2, -0.15) is 0 Å². The fraction of sp³-hybridized carbons (Fsp3) is 0.500. The number of rotatable bonds is 4. The third-order valence-corrected chi connectivity index (χ3v) is 1.90. The maximum atomic E-state index is 11.1. The van der Waals surface area contributed by atoms with Crippen LogP contribution < -0.4 is 5.32 Å². The zero-order valence-electron chi connectivity index (χ0n) is 8.72. The predicted molar refractivity (Wildman–Crippen MR) is 51.9 cm³/mol. The van der Waals surface area contributed by atoms with E-state index >= 15 is 0 Å². The van der Waals surface area contributed by atoms with Crippen molar-refractivity contribution < 1.29 is 13.9 Å². The van der Waals surface area contributed by atoms with Crippen LogP contribution in [0.3, 0.4) is 0 Å². The molecule has 4 nitrogen and oxygen atoms in total. The highest BCUT2D eigenvalue weighted by molar-refractivity contribution is 5.77. The van der Waals surface area contributed by atoms with Crippen molar-refractivity contribution in [3.8, 4) is 0 Å². The maximum Gasteiger partial charge on any atom is 0.246 e. The van der Waals surface area contributed by atoms with E-state index in [4.69, 9.17) is 9.15 Å². The van der Waals surface area contributed by atoms with Crippen LogP contribution in [0.1, 0.15) is 17.1 Å². The Kier molecular flexibility index (Phi) is 3.71. The highest BCUT2D eigenvalue weighted by Crippen LogP contribution is 2.12. The fourth-order valence-electron chi connectivity index (χ4n) is 1.23. The molecule has 0 aliphatic heterocycles. The summed E-state index contributed by atoms with van der Waals surface area (Å²) >= 11 is 0. The first-order chi connectivity index (χ1) is 6.63. The number of carbonyl (C=O) groups excluding carboxylic acids is 1. The number of hydrogen-bond donors (Lipinski definition) is 1. The maximum absolute atomic E-state index is 11.1. The molecule has 1 aromatic rings. The lowest BCUT2D eigenvalue weighted by Gasteiger charge is -2.02. The standard InChI is InChI=1S/C10H15NO3/c1-7-4-9(8(2)14-7)5-11-10(12)6-13-3/h4H,5-6H2,1-3H3,(H,11,12). The first kappa shape index (κ1) is 10.8. The lowest BCUT2D eigenvalue weighted by atomic mass is 10.2. The summed E-state index contributed by atoms with van der Waals surface area (Å²) in [5, 5.41) is 2.73. The topological polar surface area (TPSA) is 51.5 Å². The van der Waals surface area contributed by atoms with E-state index in [0.29, 0.717) is 6.54 Å². The summed E-state index contributed by atoms with van der Waals surface area (Å²) < 4.78 is 10.0. The average molecular weight is 197 g/mol. The molecule has 0 aromatic carbocycles. The van der Waals surface area contributed by atoms with Crippen molar-refractivity contribution in [2.75, 3.05) is 13.7 Å². The van der Waals surface area contributed by atoms with Gasteiger partial charge < -0.3 is 14.5 Å². The average Bonchev–Trinajstić information content (AvgIpc) is 2.42. The molecule has 1 aromatic heterocycles. The summed E-state index contributed by atoms with van der Waals surface area (Å²) in [4.78, 5) is 11.1. The number of methoxy groups -OCH3 is 1. The van der Waals surface area contributed by atoms with Crippen molar-refractivity contribution in [3.63, 3.8) is 0 Å². The Bertz CT molecular complexity index is 317. The van der Waals surface area contributed by atoms with Crippen LogP contribution in [0.25, 0.3) is 0 Å². The van der Waals surface area contributed by atoms with Gasteiger partial charge in [-0.05, 0) is 19.9 Å². The van der Waals surface area contributed by atoms with Crippen molar-refractivity contribution in [1.82, 2.24) is 5.32 Å². The first-order valence-corrected chi connectivity index (χ1v) is 4.45. The van der Waals surface area contributed by atoms with Gasteiger partial charge in [0.1, 0.15) is 18.1 Å². The summed E-state index contributed by atoms with van der Waals surface area (Å²) in [5.74, 6) is 1.59. The predicted octanol–water partition coefficient (Wildman–Crippen LogP) is 1.16. The summed E-state index contributed by atoms with van der Waals surface area (Å²) in [7, 11) is 1.49. The molecule has 0 aliphatic rings. The first-order valence-electron chi connectivity index (χ1n) is 4.45. The minimum Gasteiger partial charge on any atom is -0.466 e. The summed E-state index contributed by atoms with van der Waals surface area (Å²) in [6, 6.07) is 1.92. The molecule has 0 radical (unpaired) electrons. The van der Waals surface area contributed by atoms with Crippen molar-refractivity contribution in [2.45, 2.75) is 20.4 Å². The molecule has 0 saturated heterocycles. The van der Waals surface area contributed by atoms with Crippen LogP contribution >= 0.6 is 0 Å². The molecular weight excluding hydrogens is 182 g/mol. The number of ether oxygens (including phenoxy) is 1. The van der Waals surface area contributed by atoms with Gasteiger partial charge in [-0.1, -0.05) is 0 Å². The Hall–Kier alpha value is -1.29. The quantitative estimate of drug-likeness (QED) is 0.788. The van der Waals surface area contributed by atoms with E-state index in [9.17, 15) is 4.79 Å². The second-order valence-corrected chi connectivity index (χ2v) is 3.15. The molecule has 0 atom stereocenters. The molecule has 14 heavy (non-hydrogen) atoms. The minimum absolute atomic E-state index is 0.0931. The van der Waals surface area contributed by atoms with E-state index in [-0.39, 0.29) is 12.5 Å². The van der Waals surface area contributed by atoms with E-state index < -0.39 is 0 Å². The van der Waals surface area contributed by atoms with Crippen molar-refractivity contribution in [1.29, 1.82) is 0 Å². The molecule has 0 aliphatic carbocycles. The highest BCUT2D eigenvalue weighted by atomic mass is 16.5. The normalized spacial score (nSPS) is 10.2.